The zero-order chi connectivity index (χ0) is 21.4. The molecule has 30 heavy (non-hydrogen) atoms. The molecule has 0 saturated heterocycles. The predicted octanol–water partition coefficient (Wildman–Crippen LogP) is 3.93. The van der Waals surface area contributed by atoms with Gasteiger partial charge in [0.1, 0.15) is 0 Å². The molecule has 1 unspecified atom stereocenters. The fraction of sp³-hybridized carbons (Fsp3) is 0.136. The lowest BCUT2D eigenvalue weighted by Gasteiger charge is -2.24. The predicted molar refractivity (Wildman–Crippen MR) is 124 cm³/mol. The fourth-order valence-electron chi connectivity index (χ4n) is 3.43. The molecule has 3 aromatic rings. The highest BCUT2D eigenvalue weighted by Crippen LogP contribution is 2.31. The molecule has 0 amide bonds. The number of allylic oxidation sites excluding steroid dienone is 1. The highest BCUT2D eigenvalue weighted by Gasteiger charge is 2.33. The first-order chi connectivity index (χ1) is 14.4. The lowest BCUT2D eigenvalue weighted by molar-refractivity contribution is -0.136. The van der Waals surface area contributed by atoms with E-state index in [4.69, 9.17) is 4.74 Å². The number of fused-ring (bicyclic) bond motifs is 1. The van der Waals surface area contributed by atoms with Gasteiger partial charge >= 0.3 is 5.97 Å². The van der Waals surface area contributed by atoms with Gasteiger partial charge in [-0.25, -0.2) is 9.79 Å². The summed E-state index contributed by atoms with van der Waals surface area (Å²) in [5.74, 6) is -0.498. The maximum absolute atomic E-state index is 13.4. The van der Waals surface area contributed by atoms with Gasteiger partial charge in [0.25, 0.3) is 5.56 Å². The van der Waals surface area contributed by atoms with Gasteiger partial charge in [0.15, 0.2) is 4.80 Å². The van der Waals surface area contributed by atoms with Crippen LogP contribution in [-0.4, -0.2) is 17.6 Å². The minimum Gasteiger partial charge on any atom is -0.466 e. The van der Waals surface area contributed by atoms with Crippen LogP contribution in [-0.2, 0) is 9.53 Å². The Morgan fingerprint density at radius 3 is 2.53 bits per heavy atom. The Bertz CT molecular complexity index is 1370. The number of hydrogen-bond acceptors (Lipinski definition) is 5. The van der Waals surface area contributed by atoms with Gasteiger partial charge in [-0.3, -0.25) is 9.36 Å². The fourth-order valence-corrected chi connectivity index (χ4v) is 5.31. The molecule has 0 aliphatic carbocycles. The summed E-state index contributed by atoms with van der Waals surface area (Å²) in [5.41, 5.74) is 2.41. The van der Waals surface area contributed by atoms with Crippen LogP contribution in [0, 0.1) is 0 Å². The minimum atomic E-state index is -0.615. The van der Waals surface area contributed by atoms with Crippen LogP contribution in [0.2, 0.25) is 0 Å². The molecule has 1 aromatic heterocycles. The van der Waals surface area contributed by atoms with Gasteiger partial charge in [0.05, 0.1) is 29.0 Å². The van der Waals surface area contributed by atoms with Crippen LogP contribution in [0.3, 0.4) is 0 Å². The number of methoxy groups -OCH3 is 1. The maximum atomic E-state index is 13.4. The van der Waals surface area contributed by atoms with Crippen LogP contribution in [0.25, 0.3) is 6.08 Å². The molecule has 0 bridgehead atoms. The number of thiazole rings is 1. The Labute approximate surface area is 193 Å². The van der Waals surface area contributed by atoms with Crippen LogP contribution in [0.5, 0.6) is 0 Å². The van der Waals surface area contributed by atoms with Gasteiger partial charge < -0.3 is 4.74 Å². The van der Waals surface area contributed by atoms with E-state index in [0.717, 1.165) is 20.1 Å². The van der Waals surface area contributed by atoms with Crippen LogP contribution in [0.15, 0.2) is 78.5 Å². The molecule has 0 N–H and O–H groups in total. The van der Waals surface area contributed by atoms with Crippen LogP contribution >= 0.6 is 43.2 Å². The number of carbonyl (C=O) groups is 1. The molecular weight excluding hydrogens is 532 g/mol. The van der Waals surface area contributed by atoms with Crippen molar-refractivity contribution in [3.8, 4) is 0 Å². The quantitative estimate of drug-likeness (QED) is 0.467. The summed E-state index contributed by atoms with van der Waals surface area (Å²) in [6, 6.07) is 14.7. The molecule has 152 valence electrons. The minimum absolute atomic E-state index is 0.197. The van der Waals surface area contributed by atoms with E-state index in [2.05, 4.69) is 36.9 Å². The largest absolute Gasteiger partial charge is 0.466 e. The van der Waals surface area contributed by atoms with Crippen molar-refractivity contribution >= 4 is 55.2 Å². The average Bonchev–Trinajstić information content (AvgIpc) is 3.01. The van der Waals surface area contributed by atoms with Crippen LogP contribution < -0.4 is 14.9 Å². The second kappa shape index (κ2) is 8.45. The SMILES string of the molecule is COC(=O)C1=C(C)N=c2sc(=Cc3cccc(Br)c3)c(=O)n2C1c1cccc(Br)c1. The number of aromatic nitrogens is 1. The normalized spacial score (nSPS) is 16.3. The van der Waals surface area contributed by atoms with Gasteiger partial charge in [0, 0.05) is 8.95 Å². The summed E-state index contributed by atoms with van der Waals surface area (Å²) in [5, 5.41) is 0. The molecule has 2 heterocycles. The number of rotatable bonds is 3. The molecule has 0 radical (unpaired) electrons. The van der Waals surface area contributed by atoms with Crippen LogP contribution in [0.1, 0.15) is 24.1 Å². The zero-order valence-electron chi connectivity index (χ0n) is 16.1. The molecule has 1 aliphatic heterocycles. The molecule has 8 heteroatoms. The lowest BCUT2D eigenvalue weighted by Crippen LogP contribution is -2.39. The van der Waals surface area contributed by atoms with E-state index in [1.807, 2.05) is 54.6 Å². The van der Waals surface area contributed by atoms with E-state index in [-0.39, 0.29) is 5.56 Å². The number of carbonyl (C=O) groups excluding carboxylic acids is 1. The standard InChI is InChI=1S/C22H16Br2N2O3S/c1-12-18(21(28)29-2)19(14-6-4-8-16(24)11-14)26-20(27)17(30-22(26)25-12)10-13-5-3-7-15(23)9-13/h3-11,19H,1-2H3. The summed E-state index contributed by atoms with van der Waals surface area (Å²) < 4.78 is 8.93. The molecule has 1 aliphatic rings. The number of nitrogens with zero attached hydrogens (tertiary/aromatic N) is 2. The summed E-state index contributed by atoms with van der Waals surface area (Å²) in [4.78, 5) is 31.2. The maximum Gasteiger partial charge on any atom is 0.338 e. The first-order valence-electron chi connectivity index (χ1n) is 9.01. The van der Waals surface area contributed by atoms with Gasteiger partial charge in [0.2, 0.25) is 0 Å². The van der Waals surface area contributed by atoms with Gasteiger partial charge in [-0.2, -0.15) is 0 Å². The topological polar surface area (TPSA) is 60.7 Å². The van der Waals surface area contributed by atoms with E-state index in [1.54, 1.807) is 11.5 Å². The van der Waals surface area contributed by atoms with E-state index in [0.29, 0.717) is 20.6 Å². The van der Waals surface area contributed by atoms with Crippen LogP contribution in [0.4, 0.5) is 0 Å². The first-order valence-corrected chi connectivity index (χ1v) is 11.4. The van der Waals surface area contributed by atoms with Crippen molar-refractivity contribution in [1.29, 1.82) is 0 Å². The van der Waals surface area contributed by atoms with Crippen molar-refractivity contribution in [2.75, 3.05) is 7.11 Å². The third-order valence-corrected chi connectivity index (χ3v) is 6.71. The summed E-state index contributed by atoms with van der Waals surface area (Å²) >= 11 is 8.24. The second-order valence-corrected chi connectivity index (χ2v) is 9.52. The van der Waals surface area contributed by atoms with E-state index >= 15 is 0 Å². The van der Waals surface area contributed by atoms with Crippen molar-refractivity contribution in [1.82, 2.24) is 4.57 Å². The zero-order valence-corrected chi connectivity index (χ0v) is 20.0. The molecule has 5 nitrogen and oxygen atoms in total. The van der Waals surface area contributed by atoms with Crippen molar-refractivity contribution in [3.05, 3.63) is 99.6 Å². The number of ether oxygens (including phenoxy) is 1. The van der Waals surface area contributed by atoms with Gasteiger partial charge in [-0.15, -0.1) is 0 Å². The number of esters is 1. The molecular formula is C22H16Br2N2O3S. The van der Waals surface area contributed by atoms with Crippen molar-refractivity contribution in [2.45, 2.75) is 13.0 Å². The van der Waals surface area contributed by atoms with E-state index in [9.17, 15) is 9.59 Å². The summed E-state index contributed by atoms with van der Waals surface area (Å²) in [6.45, 7) is 1.77. The third kappa shape index (κ3) is 3.87. The molecule has 0 saturated carbocycles. The second-order valence-electron chi connectivity index (χ2n) is 6.68. The Morgan fingerprint density at radius 2 is 1.87 bits per heavy atom. The Hall–Kier alpha value is -2.29. The lowest BCUT2D eigenvalue weighted by atomic mass is 9.96. The van der Waals surface area contributed by atoms with Gasteiger partial charge in [-0.05, 0) is 48.4 Å². The number of benzene rings is 2. The molecule has 1 atom stereocenters. The number of hydrogen-bond donors (Lipinski definition) is 0. The third-order valence-electron chi connectivity index (χ3n) is 4.74. The molecule has 4 rings (SSSR count). The van der Waals surface area contributed by atoms with Crippen molar-refractivity contribution in [3.63, 3.8) is 0 Å². The van der Waals surface area contributed by atoms with Gasteiger partial charge in [-0.1, -0.05) is 67.5 Å². The first kappa shape index (κ1) is 21.0. The van der Waals surface area contributed by atoms with Crippen molar-refractivity contribution < 1.29 is 9.53 Å². The molecule has 0 spiro atoms. The average molecular weight is 548 g/mol. The molecule has 2 aromatic carbocycles. The van der Waals surface area contributed by atoms with E-state index in [1.165, 1.54) is 18.4 Å². The summed E-state index contributed by atoms with van der Waals surface area (Å²) in [6.07, 6.45) is 1.84. The van der Waals surface area contributed by atoms with E-state index < -0.39 is 12.0 Å². The Kier molecular flexibility index (Phi) is 5.90. The highest BCUT2D eigenvalue weighted by molar-refractivity contribution is 9.10. The smallest absolute Gasteiger partial charge is 0.338 e. The number of halogens is 2. The summed E-state index contributed by atoms with van der Waals surface area (Å²) in [7, 11) is 1.33. The Morgan fingerprint density at radius 1 is 1.17 bits per heavy atom. The van der Waals surface area contributed by atoms with Crippen molar-refractivity contribution in [2.24, 2.45) is 4.99 Å². The highest BCUT2D eigenvalue weighted by atomic mass is 79.9. The monoisotopic (exact) mass is 546 g/mol. The Balaban J connectivity index is 1.99. The molecule has 0 fully saturated rings.